The van der Waals surface area contributed by atoms with Gasteiger partial charge in [0.1, 0.15) is 0 Å². The third kappa shape index (κ3) is 6.67. The zero-order valence-corrected chi connectivity index (χ0v) is 16.3. The fourth-order valence-corrected chi connectivity index (χ4v) is 2.91. The Bertz CT molecular complexity index is 568. The van der Waals surface area contributed by atoms with Gasteiger partial charge < -0.3 is 19.9 Å². The predicted molar refractivity (Wildman–Crippen MR) is 105 cm³/mol. The van der Waals surface area contributed by atoms with E-state index in [-0.39, 0.29) is 5.91 Å². The molecule has 1 atom stereocenters. The lowest BCUT2D eigenvalue weighted by Crippen LogP contribution is -2.53. The lowest BCUT2D eigenvalue weighted by molar-refractivity contribution is -0.130. The first-order valence-corrected chi connectivity index (χ1v) is 9.50. The molecule has 2 rings (SSSR count). The van der Waals surface area contributed by atoms with Crippen molar-refractivity contribution in [1.29, 1.82) is 0 Å². The van der Waals surface area contributed by atoms with E-state index in [1.54, 1.807) is 6.92 Å². The van der Waals surface area contributed by atoms with Gasteiger partial charge in [0.2, 0.25) is 5.91 Å². The second kappa shape index (κ2) is 10.8. The average molecular weight is 361 g/mol. The Labute approximate surface area is 157 Å². The highest BCUT2D eigenvalue weighted by atomic mass is 16.5. The molecule has 1 aromatic rings. The van der Waals surface area contributed by atoms with E-state index in [9.17, 15) is 4.79 Å². The molecule has 6 nitrogen and oxygen atoms in total. The van der Waals surface area contributed by atoms with Gasteiger partial charge in [0, 0.05) is 46.2 Å². The number of nitrogens with one attached hydrogen (secondary N) is 1. The third-order valence-electron chi connectivity index (χ3n) is 4.43. The summed E-state index contributed by atoms with van der Waals surface area (Å²) in [6, 6.07) is 10.2. The van der Waals surface area contributed by atoms with Crippen LogP contribution in [0, 0.1) is 5.92 Å². The van der Waals surface area contributed by atoms with Gasteiger partial charge in [0.15, 0.2) is 5.96 Å². The summed E-state index contributed by atoms with van der Waals surface area (Å²) < 4.78 is 5.81. The monoisotopic (exact) mass is 360 g/mol. The van der Waals surface area contributed by atoms with E-state index >= 15 is 0 Å². The van der Waals surface area contributed by atoms with Crippen molar-refractivity contribution in [3.63, 3.8) is 0 Å². The molecule has 1 heterocycles. The summed E-state index contributed by atoms with van der Waals surface area (Å²) in [7, 11) is 0. The zero-order chi connectivity index (χ0) is 18.8. The molecule has 0 saturated carbocycles. The highest BCUT2D eigenvalue weighted by Crippen LogP contribution is 2.06. The molecule has 0 spiro atoms. The normalized spacial score (nSPS) is 16.5. The Kier molecular flexibility index (Phi) is 8.41. The Balaban J connectivity index is 1.77. The number of hydrogen-bond acceptors (Lipinski definition) is 3. The van der Waals surface area contributed by atoms with Gasteiger partial charge in [-0.2, -0.15) is 0 Å². The molecule has 0 bridgehead atoms. The minimum atomic E-state index is 0.149. The summed E-state index contributed by atoms with van der Waals surface area (Å²) in [4.78, 5) is 20.4. The Morgan fingerprint density at radius 3 is 2.46 bits per heavy atom. The van der Waals surface area contributed by atoms with Gasteiger partial charge in [-0.05, 0) is 18.4 Å². The maximum Gasteiger partial charge on any atom is 0.219 e. The molecular formula is C20H32N4O2. The van der Waals surface area contributed by atoms with Crippen molar-refractivity contribution in [3.05, 3.63) is 35.9 Å². The van der Waals surface area contributed by atoms with E-state index in [0.29, 0.717) is 19.1 Å². The molecule has 1 fully saturated rings. The predicted octanol–water partition coefficient (Wildman–Crippen LogP) is 1.97. The quantitative estimate of drug-likeness (QED) is 0.597. The first-order chi connectivity index (χ1) is 12.6. The first-order valence-electron chi connectivity index (χ1n) is 9.50. The molecule has 1 N–H and O–H groups in total. The standard InChI is InChI=1S/C20H32N4O2/c1-4-21-20(24-12-10-23(11-13-24)18(3)25)22-14-17(2)15-26-16-19-8-6-5-7-9-19/h5-9,17H,4,10-16H2,1-3H3,(H,21,22). The van der Waals surface area contributed by atoms with Crippen molar-refractivity contribution >= 4 is 11.9 Å². The molecular weight excluding hydrogens is 328 g/mol. The fourth-order valence-electron chi connectivity index (χ4n) is 2.91. The summed E-state index contributed by atoms with van der Waals surface area (Å²) >= 11 is 0. The first kappa shape index (κ1) is 20.2. The largest absolute Gasteiger partial charge is 0.376 e. The highest BCUT2D eigenvalue weighted by molar-refractivity contribution is 5.80. The van der Waals surface area contributed by atoms with Crippen molar-refractivity contribution in [1.82, 2.24) is 15.1 Å². The van der Waals surface area contributed by atoms with Gasteiger partial charge in [-0.25, -0.2) is 0 Å². The van der Waals surface area contributed by atoms with Crippen LogP contribution in [0.25, 0.3) is 0 Å². The Morgan fingerprint density at radius 2 is 1.85 bits per heavy atom. The van der Waals surface area contributed by atoms with Crippen molar-refractivity contribution in [2.24, 2.45) is 10.9 Å². The van der Waals surface area contributed by atoms with Gasteiger partial charge in [-0.15, -0.1) is 0 Å². The smallest absolute Gasteiger partial charge is 0.219 e. The fraction of sp³-hybridized carbons (Fsp3) is 0.600. The summed E-state index contributed by atoms with van der Waals surface area (Å²) in [6.45, 7) is 11.9. The van der Waals surface area contributed by atoms with Crippen LogP contribution in [0.4, 0.5) is 0 Å². The molecule has 26 heavy (non-hydrogen) atoms. The zero-order valence-electron chi connectivity index (χ0n) is 16.3. The highest BCUT2D eigenvalue weighted by Gasteiger charge is 2.20. The lowest BCUT2D eigenvalue weighted by atomic mass is 10.2. The van der Waals surface area contributed by atoms with Crippen LogP contribution in [0.1, 0.15) is 26.3 Å². The van der Waals surface area contributed by atoms with E-state index in [2.05, 4.69) is 36.2 Å². The number of amides is 1. The van der Waals surface area contributed by atoms with Crippen molar-refractivity contribution in [2.45, 2.75) is 27.4 Å². The SMILES string of the molecule is CCNC(=NCC(C)COCc1ccccc1)N1CCN(C(C)=O)CC1. The maximum absolute atomic E-state index is 11.5. The van der Waals surface area contributed by atoms with Crippen LogP contribution in [0.3, 0.4) is 0 Å². The van der Waals surface area contributed by atoms with Crippen LogP contribution < -0.4 is 5.32 Å². The van der Waals surface area contributed by atoms with Gasteiger partial charge in [0.25, 0.3) is 0 Å². The van der Waals surface area contributed by atoms with E-state index in [1.807, 2.05) is 23.1 Å². The third-order valence-corrected chi connectivity index (χ3v) is 4.43. The number of piperazine rings is 1. The summed E-state index contributed by atoms with van der Waals surface area (Å²) in [5, 5.41) is 3.37. The number of rotatable bonds is 7. The molecule has 0 radical (unpaired) electrons. The van der Waals surface area contributed by atoms with Gasteiger partial charge in [-0.3, -0.25) is 9.79 Å². The van der Waals surface area contributed by atoms with E-state index in [1.165, 1.54) is 5.56 Å². The van der Waals surface area contributed by atoms with Crippen molar-refractivity contribution < 1.29 is 9.53 Å². The second-order valence-electron chi connectivity index (χ2n) is 6.79. The Morgan fingerprint density at radius 1 is 1.19 bits per heavy atom. The van der Waals surface area contributed by atoms with Crippen molar-refractivity contribution in [2.75, 3.05) is 45.9 Å². The van der Waals surface area contributed by atoms with Gasteiger partial charge in [-0.1, -0.05) is 37.3 Å². The second-order valence-corrected chi connectivity index (χ2v) is 6.79. The summed E-state index contributed by atoms with van der Waals surface area (Å²) in [6.07, 6.45) is 0. The number of ether oxygens (including phenoxy) is 1. The van der Waals surface area contributed by atoms with Gasteiger partial charge in [0.05, 0.1) is 13.2 Å². The van der Waals surface area contributed by atoms with E-state index < -0.39 is 0 Å². The summed E-state index contributed by atoms with van der Waals surface area (Å²) in [5.74, 6) is 1.44. The van der Waals surface area contributed by atoms with Crippen molar-refractivity contribution in [3.8, 4) is 0 Å². The van der Waals surface area contributed by atoms with Crippen LogP contribution in [0.15, 0.2) is 35.3 Å². The molecule has 6 heteroatoms. The van der Waals surface area contributed by atoms with Crippen LogP contribution >= 0.6 is 0 Å². The molecule has 1 saturated heterocycles. The van der Waals surface area contributed by atoms with Crippen LogP contribution in [-0.2, 0) is 16.1 Å². The number of nitrogens with zero attached hydrogens (tertiary/aromatic N) is 3. The maximum atomic E-state index is 11.5. The molecule has 1 aliphatic rings. The number of hydrogen-bond donors (Lipinski definition) is 1. The molecule has 0 aromatic heterocycles. The van der Waals surface area contributed by atoms with E-state index in [0.717, 1.165) is 45.2 Å². The number of carbonyl (C=O) groups is 1. The number of guanidine groups is 1. The molecule has 0 aliphatic carbocycles. The molecule has 1 aliphatic heterocycles. The number of aliphatic imine (C=N–C) groups is 1. The molecule has 1 aromatic carbocycles. The number of benzene rings is 1. The number of carbonyl (C=O) groups excluding carboxylic acids is 1. The average Bonchev–Trinajstić information content (AvgIpc) is 2.66. The lowest BCUT2D eigenvalue weighted by Gasteiger charge is -2.36. The summed E-state index contributed by atoms with van der Waals surface area (Å²) in [5.41, 5.74) is 1.19. The van der Waals surface area contributed by atoms with Crippen LogP contribution in [0.2, 0.25) is 0 Å². The van der Waals surface area contributed by atoms with Gasteiger partial charge >= 0.3 is 0 Å². The minimum Gasteiger partial charge on any atom is -0.376 e. The van der Waals surface area contributed by atoms with Crippen LogP contribution in [0.5, 0.6) is 0 Å². The molecule has 1 unspecified atom stereocenters. The molecule has 144 valence electrons. The van der Waals surface area contributed by atoms with E-state index in [4.69, 9.17) is 9.73 Å². The Hall–Kier alpha value is -2.08. The molecule has 1 amide bonds. The minimum absolute atomic E-state index is 0.149. The van der Waals surface area contributed by atoms with Crippen LogP contribution in [-0.4, -0.2) is 67.5 Å². The topological polar surface area (TPSA) is 57.2 Å².